The van der Waals surface area contributed by atoms with Gasteiger partial charge in [0, 0.05) is 30.2 Å². The maximum atomic E-state index is 5.29. The maximum Gasteiger partial charge on any atom is 0.240 e. The summed E-state index contributed by atoms with van der Waals surface area (Å²) in [7, 11) is 0. The van der Waals surface area contributed by atoms with Crippen molar-refractivity contribution in [3.05, 3.63) is 48.4 Å². The van der Waals surface area contributed by atoms with Gasteiger partial charge >= 0.3 is 0 Å². The van der Waals surface area contributed by atoms with Crippen LogP contribution in [0, 0.1) is 6.92 Å². The molecule has 0 aromatic carbocycles. The SMILES string of the molecule is Cc1cnn([C@@H](C)[C@@H](C)NCc2nc(-c3cccnc3)no2)c1. The van der Waals surface area contributed by atoms with Crippen molar-refractivity contribution < 1.29 is 4.52 Å². The Morgan fingerprint density at radius 3 is 2.87 bits per heavy atom. The average Bonchev–Trinajstić information content (AvgIpc) is 3.22. The van der Waals surface area contributed by atoms with Gasteiger partial charge in [0.2, 0.25) is 11.7 Å². The van der Waals surface area contributed by atoms with Gasteiger partial charge in [-0.15, -0.1) is 0 Å². The van der Waals surface area contributed by atoms with Crippen molar-refractivity contribution >= 4 is 0 Å². The molecule has 0 fully saturated rings. The molecule has 0 radical (unpaired) electrons. The van der Waals surface area contributed by atoms with Crippen molar-refractivity contribution in [2.45, 2.75) is 39.4 Å². The number of rotatable bonds is 6. The van der Waals surface area contributed by atoms with E-state index in [0.717, 1.165) is 11.1 Å². The molecule has 23 heavy (non-hydrogen) atoms. The van der Waals surface area contributed by atoms with Crippen LogP contribution in [0.2, 0.25) is 0 Å². The number of hydrogen-bond donors (Lipinski definition) is 1. The van der Waals surface area contributed by atoms with Gasteiger partial charge in [-0.05, 0) is 38.5 Å². The minimum absolute atomic E-state index is 0.211. The standard InChI is InChI=1S/C16H20N6O/c1-11-7-19-22(10-11)13(3)12(2)18-9-15-20-16(21-23-15)14-5-4-6-17-8-14/h4-8,10,12-13,18H,9H2,1-3H3/t12-,13+/m1/s1. The molecule has 0 unspecified atom stereocenters. The first-order valence-corrected chi connectivity index (χ1v) is 7.60. The molecule has 3 rings (SSSR count). The summed E-state index contributed by atoms with van der Waals surface area (Å²) in [4.78, 5) is 8.44. The molecule has 3 aromatic heterocycles. The highest BCUT2D eigenvalue weighted by Crippen LogP contribution is 2.15. The molecule has 7 heteroatoms. The summed E-state index contributed by atoms with van der Waals surface area (Å²) >= 11 is 0. The fourth-order valence-corrected chi connectivity index (χ4v) is 2.24. The van der Waals surface area contributed by atoms with Crippen LogP contribution >= 0.6 is 0 Å². The molecule has 3 heterocycles. The van der Waals surface area contributed by atoms with Crippen molar-refractivity contribution in [2.75, 3.05) is 0 Å². The summed E-state index contributed by atoms with van der Waals surface area (Å²) in [5, 5.41) is 11.7. The van der Waals surface area contributed by atoms with E-state index in [1.54, 1.807) is 12.4 Å². The van der Waals surface area contributed by atoms with Crippen molar-refractivity contribution in [1.82, 2.24) is 30.2 Å². The summed E-state index contributed by atoms with van der Waals surface area (Å²) in [6, 6.07) is 4.19. The topological polar surface area (TPSA) is 81.7 Å². The summed E-state index contributed by atoms with van der Waals surface area (Å²) in [5.41, 5.74) is 2.00. The lowest BCUT2D eigenvalue weighted by molar-refractivity contribution is 0.325. The Morgan fingerprint density at radius 2 is 2.17 bits per heavy atom. The average molecular weight is 312 g/mol. The van der Waals surface area contributed by atoms with Gasteiger partial charge in [-0.1, -0.05) is 5.16 Å². The van der Waals surface area contributed by atoms with Crippen molar-refractivity contribution in [3.8, 4) is 11.4 Å². The van der Waals surface area contributed by atoms with Crippen LogP contribution in [-0.4, -0.2) is 30.9 Å². The Balaban J connectivity index is 1.59. The van der Waals surface area contributed by atoms with Gasteiger partial charge in [-0.25, -0.2) is 0 Å². The van der Waals surface area contributed by atoms with Crippen LogP contribution in [0.15, 0.2) is 41.4 Å². The van der Waals surface area contributed by atoms with E-state index in [2.05, 4.69) is 39.4 Å². The first-order chi connectivity index (χ1) is 11.1. The predicted molar refractivity (Wildman–Crippen MR) is 85.5 cm³/mol. The maximum absolute atomic E-state index is 5.29. The van der Waals surface area contributed by atoms with Crippen LogP contribution in [0.25, 0.3) is 11.4 Å². The van der Waals surface area contributed by atoms with E-state index in [0.29, 0.717) is 18.3 Å². The Kier molecular flexibility index (Phi) is 4.47. The third kappa shape index (κ3) is 3.62. The second-order valence-corrected chi connectivity index (χ2v) is 5.66. The van der Waals surface area contributed by atoms with Crippen LogP contribution in [0.3, 0.4) is 0 Å². The molecule has 0 saturated carbocycles. The highest BCUT2D eigenvalue weighted by atomic mass is 16.5. The second kappa shape index (κ2) is 6.70. The molecule has 1 N–H and O–H groups in total. The first kappa shape index (κ1) is 15.4. The van der Waals surface area contributed by atoms with E-state index in [1.807, 2.05) is 36.1 Å². The van der Waals surface area contributed by atoms with E-state index in [1.165, 1.54) is 0 Å². The molecule has 0 aliphatic heterocycles. The number of nitrogens with zero attached hydrogens (tertiary/aromatic N) is 5. The van der Waals surface area contributed by atoms with E-state index >= 15 is 0 Å². The fourth-order valence-electron chi connectivity index (χ4n) is 2.24. The van der Waals surface area contributed by atoms with Crippen LogP contribution in [-0.2, 0) is 6.54 Å². The molecular formula is C16H20N6O. The first-order valence-electron chi connectivity index (χ1n) is 7.60. The van der Waals surface area contributed by atoms with Crippen molar-refractivity contribution in [1.29, 1.82) is 0 Å². The number of aryl methyl sites for hydroxylation is 1. The zero-order chi connectivity index (χ0) is 16.2. The largest absolute Gasteiger partial charge is 0.338 e. The van der Waals surface area contributed by atoms with Gasteiger partial charge in [-0.2, -0.15) is 10.1 Å². The van der Waals surface area contributed by atoms with Gasteiger partial charge < -0.3 is 9.84 Å². The number of aromatic nitrogens is 5. The molecule has 3 aromatic rings. The van der Waals surface area contributed by atoms with Gasteiger partial charge in [-0.3, -0.25) is 9.67 Å². The second-order valence-electron chi connectivity index (χ2n) is 5.66. The van der Waals surface area contributed by atoms with E-state index < -0.39 is 0 Å². The molecule has 0 amide bonds. The molecule has 120 valence electrons. The van der Waals surface area contributed by atoms with Crippen molar-refractivity contribution in [2.24, 2.45) is 0 Å². The summed E-state index contributed by atoms with van der Waals surface area (Å²) in [5.74, 6) is 1.11. The summed E-state index contributed by atoms with van der Waals surface area (Å²) in [6.45, 7) is 6.78. The quantitative estimate of drug-likeness (QED) is 0.752. The molecule has 0 aliphatic carbocycles. The van der Waals surface area contributed by atoms with Crippen LogP contribution < -0.4 is 5.32 Å². The normalized spacial score (nSPS) is 13.9. The van der Waals surface area contributed by atoms with Crippen LogP contribution in [0.4, 0.5) is 0 Å². The summed E-state index contributed by atoms with van der Waals surface area (Å²) < 4.78 is 7.25. The van der Waals surface area contributed by atoms with E-state index in [-0.39, 0.29) is 12.1 Å². The lowest BCUT2D eigenvalue weighted by atomic mass is 10.2. The van der Waals surface area contributed by atoms with Gasteiger partial charge in [0.05, 0.1) is 18.8 Å². The Labute approximate surface area is 134 Å². The summed E-state index contributed by atoms with van der Waals surface area (Å²) in [6.07, 6.45) is 7.33. The molecule has 0 spiro atoms. The highest BCUT2D eigenvalue weighted by molar-refractivity contribution is 5.51. The Morgan fingerprint density at radius 1 is 1.30 bits per heavy atom. The third-order valence-corrected chi connectivity index (χ3v) is 3.83. The van der Waals surface area contributed by atoms with Gasteiger partial charge in [0.15, 0.2) is 0 Å². The Hall–Kier alpha value is -2.54. The van der Waals surface area contributed by atoms with Crippen LogP contribution in [0.5, 0.6) is 0 Å². The lowest BCUT2D eigenvalue weighted by Gasteiger charge is -2.20. The molecule has 0 aliphatic rings. The molecule has 0 bridgehead atoms. The number of pyridine rings is 1. The number of hydrogen-bond acceptors (Lipinski definition) is 6. The fraction of sp³-hybridized carbons (Fsp3) is 0.375. The van der Waals surface area contributed by atoms with Gasteiger partial charge in [0.25, 0.3) is 0 Å². The molecule has 0 saturated heterocycles. The molecular weight excluding hydrogens is 292 g/mol. The van der Waals surface area contributed by atoms with Crippen LogP contribution in [0.1, 0.15) is 31.3 Å². The van der Waals surface area contributed by atoms with E-state index in [9.17, 15) is 0 Å². The van der Waals surface area contributed by atoms with Crippen molar-refractivity contribution in [3.63, 3.8) is 0 Å². The smallest absolute Gasteiger partial charge is 0.240 e. The Bertz CT molecular complexity index is 751. The third-order valence-electron chi connectivity index (χ3n) is 3.83. The number of nitrogens with one attached hydrogen (secondary N) is 1. The molecule has 7 nitrogen and oxygen atoms in total. The monoisotopic (exact) mass is 312 g/mol. The minimum Gasteiger partial charge on any atom is -0.338 e. The zero-order valence-electron chi connectivity index (χ0n) is 13.5. The predicted octanol–water partition coefficient (Wildman–Crippen LogP) is 2.38. The van der Waals surface area contributed by atoms with Gasteiger partial charge in [0.1, 0.15) is 0 Å². The minimum atomic E-state index is 0.211. The lowest BCUT2D eigenvalue weighted by Crippen LogP contribution is -2.33. The highest BCUT2D eigenvalue weighted by Gasteiger charge is 2.16. The molecule has 2 atom stereocenters. The zero-order valence-corrected chi connectivity index (χ0v) is 13.5. The van der Waals surface area contributed by atoms with E-state index in [4.69, 9.17) is 4.52 Å².